The van der Waals surface area contributed by atoms with Crippen LogP contribution < -0.4 is 10.5 Å². The smallest absolute Gasteiger partial charge is 0.119 e. The molecule has 15 heavy (non-hydrogen) atoms. The molecule has 0 aliphatic carbocycles. The quantitative estimate of drug-likeness (QED) is 0.769. The highest BCUT2D eigenvalue weighted by Crippen LogP contribution is 2.14. The number of rotatable bonds is 5. The molecule has 0 heterocycles. The molecule has 0 aromatic heterocycles. The van der Waals surface area contributed by atoms with E-state index in [0.29, 0.717) is 6.42 Å². The van der Waals surface area contributed by atoms with Crippen molar-refractivity contribution in [3.8, 4) is 5.75 Å². The third kappa shape index (κ3) is 4.32. The van der Waals surface area contributed by atoms with Crippen molar-refractivity contribution in [3.05, 3.63) is 29.8 Å². The first-order valence-electron chi connectivity index (χ1n) is 5.24. The van der Waals surface area contributed by atoms with Gasteiger partial charge >= 0.3 is 0 Å². The van der Waals surface area contributed by atoms with Gasteiger partial charge in [0, 0.05) is 6.04 Å². The summed E-state index contributed by atoms with van der Waals surface area (Å²) in [6.45, 7) is 4.01. The maximum atomic E-state index is 8.82. The molecule has 0 spiro atoms. The minimum atomic E-state index is -0.179. The van der Waals surface area contributed by atoms with E-state index in [-0.39, 0.29) is 18.8 Å². The first-order valence-corrected chi connectivity index (χ1v) is 5.24. The maximum Gasteiger partial charge on any atom is 0.119 e. The lowest BCUT2D eigenvalue weighted by atomic mass is 10.1. The van der Waals surface area contributed by atoms with E-state index in [1.54, 1.807) is 0 Å². The Morgan fingerprint density at radius 2 is 1.87 bits per heavy atom. The van der Waals surface area contributed by atoms with Gasteiger partial charge < -0.3 is 15.6 Å². The van der Waals surface area contributed by atoms with Gasteiger partial charge in [0.2, 0.25) is 0 Å². The number of aliphatic hydroxyl groups excluding tert-OH is 1. The van der Waals surface area contributed by atoms with E-state index in [1.165, 1.54) is 0 Å². The van der Waals surface area contributed by atoms with Crippen LogP contribution in [0, 0.1) is 0 Å². The molecule has 1 aromatic carbocycles. The van der Waals surface area contributed by atoms with Crippen LogP contribution in [0.1, 0.15) is 19.4 Å². The highest BCUT2D eigenvalue weighted by molar-refractivity contribution is 5.27. The molecule has 0 radical (unpaired) electrons. The molecule has 84 valence electrons. The Balaban J connectivity index is 2.56. The van der Waals surface area contributed by atoms with Crippen molar-refractivity contribution in [2.75, 3.05) is 6.61 Å². The normalized spacial score (nSPS) is 12.9. The number of hydrogen-bond acceptors (Lipinski definition) is 3. The summed E-state index contributed by atoms with van der Waals surface area (Å²) in [5.74, 6) is 0.867. The van der Waals surface area contributed by atoms with Crippen LogP contribution in [-0.4, -0.2) is 23.9 Å². The average Bonchev–Trinajstić information content (AvgIpc) is 2.20. The summed E-state index contributed by atoms with van der Waals surface area (Å²) in [6, 6.07) is 7.64. The highest BCUT2D eigenvalue weighted by Gasteiger charge is 2.03. The lowest BCUT2D eigenvalue weighted by Gasteiger charge is -2.11. The van der Waals surface area contributed by atoms with E-state index < -0.39 is 0 Å². The second-order valence-corrected chi connectivity index (χ2v) is 3.96. The Bertz CT molecular complexity index is 282. The highest BCUT2D eigenvalue weighted by atomic mass is 16.5. The molecule has 1 aromatic rings. The summed E-state index contributed by atoms with van der Waals surface area (Å²) in [6.07, 6.45) is 0.883. The summed E-state index contributed by atoms with van der Waals surface area (Å²) in [4.78, 5) is 0. The van der Waals surface area contributed by atoms with Crippen LogP contribution in [0.4, 0.5) is 0 Å². The van der Waals surface area contributed by atoms with E-state index in [2.05, 4.69) is 0 Å². The van der Waals surface area contributed by atoms with Gasteiger partial charge in [-0.25, -0.2) is 0 Å². The molecule has 0 saturated carbocycles. The zero-order valence-electron chi connectivity index (χ0n) is 9.31. The molecule has 3 heteroatoms. The lowest BCUT2D eigenvalue weighted by Crippen LogP contribution is -2.26. The van der Waals surface area contributed by atoms with Crippen molar-refractivity contribution >= 4 is 0 Å². The number of benzene rings is 1. The third-order valence-electron chi connectivity index (χ3n) is 2.03. The summed E-state index contributed by atoms with van der Waals surface area (Å²) in [7, 11) is 0. The molecule has 1 unspecified atom stereocenters. The average molecular weight is 209 g/mol. The Morgan fingerprint density at radius 3 is 2.33 bits per heavy atom. The Morgan fingerprint density at radius 1 is 1.27 bits per heavy atom. The fraction of sp³-hybridized carbons (Fsp3) is 0.500. The van der Waals surface area contributed by atoms with Crippen LogP contribution >= 0.6 is 0 Å². The van der Waals surface area contributed by atoms with Crippen LogP contribution in [0.25, 0.3) is 0 Å². The van der Waals surface area contributed by atoms with E-state index >= 15 is 0 Å². The summed E-state index contributed by atoms with van der Waals surface area (Å²) in [5.41, 5.74) is 6.76. The van der Waals surface area contributed by atoms with E-state index in [0.717, 1.165) is 11.3 Å². The van der Waals surface area contributed by atoms with Gasteiger partial charge in [-0.15, -0.1) is 0 Å². The van der Waals surface area contributed by atoms with Crippen LogP contribution in [0.3, 0.4) is 0 Å². The molecule has 0 bridgehead atoms. The monoisotopic (exact) mass is 209 g/mol. The van der Waals surface area contributed by atoms with Gasteiger partial charge in [0.1, 0.15) is 5.75 Å². The molecule has 0 aliphatic rings. The van der Waals surface area contributed by atoms with Gasteiger partial charge in [0.15, 0.2) is 0 Å². The van der Waals surface area contributed by atoms with E-state index in [1.807, 2.05) is 38.1 Å². The van der Waals surface area contributed by atoms with Gasteiger partial charge in [-0.3, -0.25) is 0 Å². The standard InChI is InChI=1S/C12H19NO2/c1-9(2)15-12-5-3-10(4-6-12)7-11(13)8-14/h3-6,9,11,14H,7-8,13H2,1-2H3. The Labute approximate surface area is 90.9 Å². The van der Waals surface area contributed by atoms with Gasteiger partial charge in [-0.1, -0.05) is 12.1 Å². The molecule has 0 amide bonds. The predicted octanol–water partition coefficient (Wildman–Crippen LogP) is 1.34. The second kappa shape index (κ2) is 5.73. The van der Waals surface area contributed by atoms with Gasteiger partial charge in [-0.2, -0.15) is 0 Å². The molecule has 1 atom stereocenters. The van der Waals surface area contributed by atoms with Crippen LogP contribution in [0.5, 0.6) is 5.75 Å². The van der Waals surface area contributed by atoms with Gasteiger partial charge in [0.25, 0.3) is 0 Å². The Kier molecular flexibility index (Phi) is 4.59. The first kappa shape index (κ1) is 12.0. The van der Waals surface area contributed by atoms with Crippen molar-refractivity contribution in [3.63, 3.8) is 0 Å². The minimum absolute atomic E-state index is 0.0181. The predicted molar refractivity (Wildman–Crippen MR) is 61.0 cm³/mol. The molecule has 3 N–H and O–H groups in total. The lowest BCUT2D eigenvalue weighted by molar-refractivity contribution is 0.242. The Hall–Kier alpha value is -1.06. The van der Waals surface area contributed by atoms with Crippen molar-refractivity contribution in [1.82, 2.24) is 0 Å². The molecular formula is C12H19NO2. The van der Waals surface area contributed by atoms with Crippen LogP contribution in [0.2, 0.25) is 0 Å². The van der Waals surface area contributed by atoms with E-state index in [9.17, 15) is 0 Å². The fourth-order valence-electron chi connectivity index (χ4n) is 1.34. The maximum absolute atomic E-state index is 8.82. The van der Waals surface area contributed by atoms with Gasteiger partial charge in [0.05, 0.1) is 12.7 Å². The van der Waals surface area contributed by atoms with Crippen LogP contribution in [-0.2, 0) is 6.42 Å². The number of ether oxygens (including phenoxy) is 1. The molecule has 0 fully saturated rings. The molecular weight excluding hydrogens is 190 g/mol. The van der Waals surface area contributed by atoms with E-state index in [4.69, 9.17) is 15.6 Å². The molecule has 3 nitrogen and oxygen atoms in total. The SMILES string of the molecule is CC(C)Oc1ccc(CC(N)CO)cc1. The molecule has 0 aliphatic heterocycles. The zero-order chi connectivity index (χ0) is 11.3. The molecule has 0 saturated heterocycles. The zero-order valence-corrected chi connectivity index (χ0v) is 9.31. The van der Waals surface area contributed by atoms with Crippen molar-refractivity contribution in [2.45, 2.75) is 32.4 Å². The number of aliphatic hydroxyl groups is 1. The number of nitrogens with two attached hydrogens (primary N) is 1. The summed E-state index contributed by atoms with van der Waals surface area (Å²) in [5, 5.41) is 8.82. The minimum Gasteiger partial charge on any atom is -0.491 e. The van der Waals surface area contributed by atoms with Crippen molar-refractivity contribution in [1.29, 1.82) is 0 Å². The fourth-order valence-corrected chi connectivity index (χ4v) is 1.34. The third-order valence-corrected chi connectivity index (χ3v) is 2.03. The largest absolute Gasteiger partial charge is 0.491 e. The van der Waals surface area contributed by atoms with Crippen LogP contribution in [0.15, 0.2) is 24.3 Å². The van der Waals surface area contributed by atoms with Gasteiger partial charge in [-0.05, 0) is 38.0 Å². The topological polar surface area (TPSA) is 55.5 Å². The first-order chi connectivity index (χ1) is 7.11. The molecule has 1 rings (SSSR count). The van der Waals surface area contributed by atoms with Crippen molar-refractivity contribution in [2.24, 2.45) is 5.73 Å². The second-order valence-electron chi connectivity index (χ2n) is 3.96. The summed E-state index contributed by atoms with van der Waals surface area (Å²) >= 11 is 0. The number of hydrogen-bond donors (Lipinski definition) is 2. The summed E-state index contributed by atoms with van der Waals surface area (Å²) < 4.78 is 5.52. The van der Waals surface area contributed by atoms with Crippen molar-refractivity contribution < 1.29 is 9.84 Å².